The summed E-state index contributed by atoms with van der Waals surface area (Å²) in [7, 11) is 0. The zero-order valence-electron chi connectivity index (χ0n) is 79.9. The highest BCUT2D eigenvalue weighted by Gasteiger charge is 2.69. The summed E-state index contributed by atoms with van der Waals surface area (Å²) in [6, 6.07) is 31.1. The molecular weight excluding hydrogens is 1580 g/mol. The average Bonchev–Trinajstić information content (AvgIpc) is 1.68. The number of carboxylic acid groups (broad SMARTS) is 1. The van der Waals surface area contributed by atoms with Crippen molar-refractivity contribution in [1.29, 1.82) is 0 Å². The molecule has 3 aromatic rings. The molecule has 19 nitrogen and oxygen atoms in total. The van der Waals surface area contributed by atoms with Gasteiger partial charge in [-0.3, -0.25) is 40.0 Å². The van der Waals surface area contributed by atoms with Gasteiger partial charge in [-0.05, 0) is 328 Å². The summed E-state index contributed by atoms with van der Waals surface area (Å²) >= 11 is 0. The fourth-order valence-electron chi connectivity index (χ4n) is 33.4. The van der Waals surface area contributed by atoms with Gasteiger partial charge in [0.25, 0.3) is 0 Å². The smallest absolute Gasteiger partial charge is 0.303 e. The standard InChI is InChI=1S/2C36H55N3O3.C26H44O4.C10H13N3/c2*1-5-26-30-21-25(40)15-17-36(30,4)29-16-18-35(3)27(12-13-28(35)32(29)33(26)42)23(2)11-14-31(41)38-34-37-19-20-39(34)22-24-9-7-6-8-10-24;1-5-17-21-14-16(27)10-12-26(21,4)20-11-13-25(3)18(15(2)6-9-22(28)29)7-8-19(25)23(20)24(17)30;11-10-12-6-7-13(10)8-9-4-2-1-3-5-9/h2*6-10,23,25-30,32-33,40,42H,5,11-22H2,1-4H3,(H,37,38,41);15-21,23-24,27,30H,5-14H2,1-4H3,(H,28,29);1-5H,6-8H2,(H2,11,12)/t2*23-,25-,26-,27?,28+,29+,30?,32+,33-,35?,36?;15-,16-,17-,18?,19+,20+,21?,23+,24-,25?,26?;/m111./s1. The predicted molar refractivity (Wildman–Crippen MR) is 506 cm³/mol. The van der Waals surface area contributed by atoms with Crippen LogP contribution in [0.5, 0.6) is 0 Å². The van der Waals surface area contributed by atoms with E-state index in [9.17, 15) is 45.0 Å². The van der Waals surface area contributed by atoms with E-state index in [2.05, 4.69) is 184 Å². The van der Waals surface area contributed by atoms with Crippen molar-refractivity contribution in [1.82, 2.24) is 25.3 Å². The van der Waals surface area contributed by atoms with E-state index in [1.807, 2.05) is 30.3 Å². The molecule has 3 heterocycles. The van der Waals surface area contributed by atoms with E-state index in [0.29, 0.717) is 143 Å². The lowest BCUT2D eigenvalue weighted by Crippen LogP contribution is -2.62. The Hall–Kier alpha value is -5.96. The molecule has 0 aromatic heterocycles. The highest BCUT2D eigenvalue weighted by Crippen LogP contribution is 2.74. The van der Waals surface area contributed by atoms with Crippen LogP contribution in [0.2, 0.25) is 0 Å². The van der Waals surface area contributed by atoms with Crippen LogP contribution < -0.4 is 16.4 Å². The minimum atomic E-state index is -0.683. The summed E-state index contributed by atoms with van der Waals surface area (Å²) in [5.41, 5.74) is 10.9. The average molecular weight is 1750 g/mol. The van der Waals surface area contributed by atoms with Crippen LogP contribution in [0.4, 0.5) is 0 Å². The van der Waals surface area contributed by atoms with Crippen molar-refractivity contribution >= 4 is 35.7 Å². The van der Waals surface area contributed by atoms with Crippen molar-refractivity contribution in [2.45, 2.75) is 332 Å². The van der Waals surface area contributed by atoms with Gasteiger partial charge in [-0.15, -0.1) is 0 Å². The van der Waals surface area contributed by atoms with Gasteiger partial charge in [0.05, 0.1) is 56.3 Å². The third-order valence-electron chi connectivity index (χ3n) is 39.9. The summed E-state index contributed by atoms with van der Waals surface area (Å²) in [6.45, 7) is 36.1. The number of benzene rings is 3. The van der Waals surface area contributed by atoms with Gasteiger partial charge in [0, 0.05) is 58.5 Å². The third kappa shape index (κ3) is 19.1. The highest BCUT2D eigenvalue weighted by atomic mass is 16.4. The quantitative estimate of drug-likeness (QED) is 0.0475. The van der Waals surface area contributed by atoms with Crippen LogP contribution in [0.3, 0.4) is 0 Å². The largest absolute Gasteiger partial charge is 0.481 e. The van der Waals surface area contributed by atoms with Gasteiger partial charge in [-0.2, -0.15) is 0 Å². The van der Waals surface area contributed by atoms with E-state index >= 15 is 0 Å². The Morgan fingerprint density at radius 1 is 0.386 bits per heavy atom. The van der Waals surface area contributed by atoms with Gasteiger partial charge in [0.1, 0.15) is 0 Å². The van der Waals surface area contributed by atoms with Gasteiger partial charge >= 0.3 is 5.97 Å². The summed E-state index contributed by atoms with van der Waals surface area (Å²) in [4.78, 5) is 57.1. The van der Waals surface area contributed by atoms with Crippen LogP contribution in [0, 0.1) is 157 Å². The van der Waals surface area contributed by atoms with Gasteiger partial charge in [-0.25, -0.2) is 0 Å². The molecule has 33 atom stereocenters. The second-order valence-corrected chi connectivity index (χ2v) is 45.8. The molecule has 127 heavy (non-hydrogen) atoms. The predicted octanol–water partition coefficient (Wildman–Crippen LogP) is 18.0. The number of nitrogens with zero attached hydrogens (tertiary/aromatic N) is 6. The van der Waals surface area contributed by atoms with Gasteiger partial charge < -0.3 is 56.2 Å². The first kappa shape index (κ1) is 95.6. The number of aliphatic hydroxyl groups is 6. The number of carbonyl (C=O) groups excluding carboxylic acids is 2. The first-order chi connectivity index (χ1) is 60.8. The van der Waals surface area contributed by atoms with Crippen LogP contribution in [0.25, 0.3) is 0 Å². The number of aliphatic carboxylic acids is 1. The number of aliphatic hydroxyl groups excluding tert-OH is 6. The van der Waals surface area contributed by atoms with Crippen LogP contribution in [-0.4, -0.2) is 162 Å². The molecular formula is C108H167N9O10. The first-order valence-corrected chi connectivity index (χ1v) is 51.5. The number of fused-ring (bicyclic) bond motifs is 15. The van der Waals surface area contributed by atoms with E-state index in [1.165, 1.54) is 93.7 Å². The molecule has 0 saturated heterocycles. The van der Waals surface area contributed by atoms with Crippen LogP contribution in [0.1, 0.15) is 292 Å². The Bertz CT molecular complexity index is 4070. The lowest BCUT2D eigenvalue weighted by molar-refractivity contribution is -0.203. The van der Waals surface area contributed by atoms with E-state index in [-0.39, 0.29) is 87.3 Å². The molecule has 19 heteroatoms. The van der Waals surface area contributed by atoms with Crippen molar-refractivity contribution in [2.24, 2.45) is 177 Å². The number of guanidine groups is 3. The molecule has 12 aliphatic carbocycles. The van der Waals surface area contributed by atoms with Crippen LogP contribution in [0.15, 0.2) is 106 Å². The number of rotatable bonds is 21. The Morgan fingerprint density at radius 2 is 0.669 bits per heavy atom. The number of hydrogen-bond donors (Lipinski definition) is 10. The minimum Gasteiger partial charge on any atom is -0.481 e. The molecule has 12 saturated carbocycles. The minimum absolute atomic E-state index is 0.0795. The van der Waals surface area contributed by atoms with Gasteiger partial charge in [0.2, 0.25) is 23.7 Å². The van der Waals surface area contributed by atoms with Crippen molar-refractivity contribution in [3.63, 3.8) is 0 Å². The van der Waals surface area contributed by atoms with Crippen molar-refractivity contribution in [3.05, 3.63) is 108 Å². The molecule has 3 aliphatic heterocycles. The maximum atomic E-state index is 13.1. The van der Waals surface area contributed by atoms with Crippen LogP contribution in [-0.2, 0) is 34.0 Å². The second kappa shape index (κ2) is 40.1. The van der Waals surface area contributed by atoms with Crippen molar-refractivity contribution in [2.75, 3.05) is 39.3 Å². The molecule has 0 radical (unpaired) electrons. The monoisotopic (exact) mass is 1750 g/mol. The Balaban J connectivity index is 0.000000138. The first-order valence-electron chi connectivity index (χ1n) is 51.5. The number of amides is 2. The van der Waals surface area contributed by atoms with E-state index in [0.717, 1.165) is 167 Å². The van der Waals surface area contributed by atoms with E-state index < -0.39 is 5.97 Å². The van der Waals surface area contributed by atoms with Gasteiger partial charge in [0.15, 0.2) is 5.96 Å². The van der Waals surface area contributed by atoms with Gasteiger partial charge in [-0.1, -0.05) is 193 Å². The zero-order valence-corrected chi connectivity index (χ0v) is 79.9. The molecule has 0 spiro atoms. The highest BCUT2D eigenvalue weighted by molar-refractivity contribution is 5.98. The zero-order chi connectivity index (χ0) is 90.2. The SMILES string of the molecule is CC[C@@H]1C2C[C@H](O)CCC2(C)[C@H]2CCC3(C)C([C@H](C)CCC(=O)NC4=NCCN4Cc4ccccc4)CC[C@H]3[C@@H]2[C@@H]1O.CC[C@@H]1C2C[C@H](O)CCC2(C)[C@H]2CCC3(C)C([C@H](C)CCC(=O)NC4=NCCN4Cc4ccccc4)CC[C@H]3[C@@H]2[C@@H]1O.CC[C@@H]1C2C[C@H](O)CCC2(C)[C@H]2CCC3(C)C([C@H](C)CCC(=O)O)CC[C@H]3[C@@H]2[C@@H]1O.NC1=NCCN1Cc1ccccc1. The molecule has 0 bridgehead atoms. The van der Waals surface area contributed by atoms with Crippen molar-refractivity contribution in [3.8, 4) is 0 Å². The number of aliphatic imine (C=N–C) groups is 3. The molecule has 11 N–H and O–H groups in total. The Morgan fingerprint density at radius 3 is 0.969 bits per heavy atom. The van der Waals surface area contributed by atoms with E-state index in [1.54, 1.807) is 0 Å². The fourth-order valence-corrected chi connectivity index (χ4v) is 33.4. The maximum Gasteiger partial charge on any atom is 0.303 e. The number of nitrogens with one attached hydrogen (secondary N) is 2. The third-order valence-corrected chi connectivity index (χ3v) is 39.9. The number of carbonyl (C=O) groups is 3. The summed E-state index contributed by atoms with van der Waals surface area (Å²) in [5.74, 6) is 11.5. The Kier molecular flexibility index (Phi) is 30.2. The molecule has 12 fully saturated rings. The second-order valence-electron chi connectivity index (χ2n) is 45.8. The number of carboxylic acids is 1. The summed E-state index contributed by atoms with van der Waals surface area (Å²) in [6.07, 6.45) is 28.8. The molecule has 704 valence electrons. The summed E-state index contributed by atoms with van der Waals surface area (Å²) in [5, 5.41) is 82.6. The number of hydrogen-bond acceptors (Lipinski definition) is 16. The normalized spacial score (nSPS) is 41.5. The lowest BCUT2D eigenvalue weighted by Gasteiger charge is -2.64. The molecule has 18 rings (SSSR count). The number of nitrogens with two attached hydrogens (primary N) is 1. The fraction of sp³-hybridized carbons (Fsp3) is 0.778. The molecule has 15 aliphatic rings. The van der Waals surface area contributed by atoms with Crippen LogP contribution >= 0.6 is 0 Å². The molecule has 12 unspecified atom stereocenters. The lowest BCUT2D eigenvalue weighted by atomic mass is 9.41. The topological polar surface area (TPSA) is 290 Å². The van der Waals surface area contributed by atoms with Crippen molar-refractivity contribution < 1.29 is 50.1 Å². The maximum absolute atomic E-state index is 13.1. The van der Waals surface area contributed by atoms with E-state index in [4.69, 9.17) is 10.8 Å². The Labute approximate surface area is 763 Å². The summed E-state index contributed by atoms with van der Waals surface area (Å²) < 4.78 is 0. The molecule has 2 amide bonds. The molecule has 3 aromatic carbocycles.